The monoisotopic (exact) mass is 744 g/mol. The van der Waals surface area contributed by atoms with Gasteiger partial charge < -0.3 is 31.2 Å². The lowest BCUT2D eigenvalue weighted by molar-refractivity contribution is 0.415. The zero-order chi connectivity index (χ0) is 37.5. The van der Waals surface area contributed by atoms with Crippen molar-refractivity contribution in [1.29, 1.82) is 0 Å². The maximum absolute atomic E-state index is 12.2. The summed E-state index contributed by atoms with van der Waals surface area (Å²) in [6, 6.07) is 20.7. The van der Waals surface area contributed by atoms with Crippen LogP contribution in [0.3, 0.4) is 0 Å². The number of nitrogens with zero attached hydrogens (tertiary/aromatic N) is 4. The van der Waals surface area contributed by atoms with E-state index in [0.29, 0.717) is 22.5 Å². The van der Waals surface area contributed by atoms with Gasteiger partial charge in [-0.15, -0.1) is 20.5 Å². The van der Waals surface area contributed by atoms with E-state index in [0.717, 1.165) is 12.1 Å². The second-order valence-electron chi connectivity index (χ2n) is 11.2. The second-order valence-corrected chi connectivity index (χ2v) is 14.0. The molecule has 0 atom stereocenters. The molecule has 266 valence electrons. The van der Waals surface area contributed by atoms with E-state index >= 15 is 0 Å². The molecule has 0 fully saturated rings. The van der Waals surface area contributed by atoms with Crippen LogP contribution in [0.25, 0.3) is 32.7 Å². The Morgan fingerprint density at radius 3 is 1.27 bits per heavy atom. The fourth-order valence-electron chi connectivity index (χ4n) is 5.41. The van der Waals surface area contributed by atoms with E-state index in [1.807, 2.05) is 0 Å². The van der Waals surface area contributed by atoms with Gasteiger partial charge in [-0.1, -0.05) is 12.1 Å². The highest BCUT2D eigenvalue weighted by Crippen LogP contribution is 2.45. The first-order chi connectivity index (χ1) is 24.6. The molecule has 6 aromatic carbocycles. The molecule has 16 nitrogen and oxygen atoms in total. The van der Waals surface area contributed by atoms with Crippen LogP contribution in [0, 0.1) is 0 Å². The van der Waals surface area contributed by atoms with E-state index in [-0.39, 0.29) is 44.4 Å². The number of phenolic OH excluding ortho intramolecular Hbond substituents is 2. The second kappa shape index (κ2) is 13.4. The summed E-state index contributed by atoms with van der Waals surface area (Å²) in [4.78, 5) is -1.36. The van der Waals surface area contributed by atoms with Gasteiger partial charge in [-0.25, -0.2) is 0 Å². The van der Waals surface area contributed by atoms with Crippen LogP contribution in [0.15, 0.2) is 115 Å². The van der Waals surface area contributed by atoms with Gasteiger partial charge in [-0.05, 0) is 94.7 Å². The molecule has 0 aromatic heterocycles. The lowest BCUT2D eigenvalue weighted by Gasteiger charge is -2.11. The van der Waals surface area contributed by atoms with Gasteiger partial charge in [0.15, 0.2) is 11.5 Å². The van der Waals surface area contributed by atoms with Gasteiger partial charge in [-0.2, -0.15) is 16.8 Å². The standard InChI is InChI=1S/C34H28N6O10S2/c1-49-27-13-17(3-9-25(27)37-39-31-29(51(43,44)45)15-19-11-21(35)5-7-23(19)33(31)41)18-4-10-26(28(14-18)50-2)38-40-32-30(52(46,47)48)16-20-12-22(36)6-8-24(20)34(32)42/h3-16,41-42H,35-36H2,1-2H3,(H,43,44,45)(H,46,47,48). The Morgan fingerprint density at radius 2 is 0.923 bits per heavy atom. The van der Waals surface area contributed by atoms with Crippen molar-refractivity contribution < 1.29 is 45.6 Å². The number of methoxy groups -OCH3 is 2. The Labute approximate surface area is 295 Å². The van der Waals surface area contributed by atoms with Gasteiger partial charge in [0, 0.05) is 22.1 Å². The molecule has 0 spiro atoms. The van der Waals surface area contributed by atoms with Crippen molar-refractivity contribution in [3.05, 3.63) is 84.9 Å². The van der Waals surface area contributed by atoms with Gasteiger partial charge >= 0.3 is 0 Å². The molecule has 0 unspecified atom stereocenters. The molecule has 0 aliphatic rings. The van der Waals surface area contributed by atoms with Crippen molar-refractivity contribution in [2.45, 2.75) is 9.79 Å². The minimum Gasteiger partial charge on any atom is -0.505 e. The summed E-state index contributed by atoms with van der Waals surface area (Å²) in [5, 5.41) is 38.9. The fraction of sp³-hybridized carbons (Fsp3) is 0.0588. The number of ether oxygens (including phenoxy) is 2. The number of hydrogen-bond acceptors (Lipinski definition) is 14. The molecular formula is C34H28N6O10S2. The Balaban J connectivity index is 1.35. The van der Waals surface area contributed by atoms with Gasteiger partial charge in [0.05, 0.1) is 14.2 Å². The summed E-state index contributed by atoms with van der Waals surface area (Å²) >= 11 is 0. The lowest BCUT2D eigenvalue weighted by atomic mass is 10.0. The zero-order valence-electron chi connectivity index (χ0n) is 27.1. The van der Waals surface area contributed by atoms with Crippen LogP contribution < -0.4 is 20.9 Å². The largest absolute Gasteiger partial charge is 0.505 e. The number of hydrogen-bond donors (Lipinski definition) is 6. The third-order valence-corrected chi connectivity index (χ3v) is 9.65. The highest BCUT2D eigenvalue weighted by molar-refractivity contribution is 7.86. The van der Waals surface area contributed by atoms with Crippen molar-refractivity contribution in [3.63, 3.8) is 0 Å². The highest BCUT2D eigenvalue weighted by Gasteiger charge is 2.24. The van der Waals surface area contributed by atoms with Crippen molar-refractivity contribution in [1.82, 2.24) is 0 Å². The van der Waals surface area contributed by atoms with Gasteiger partial charge in [0.1, 0.15) is 44.0 Å². The zero-order valence-corrected chi connectivity index (χ0v) is 28.7. The van der Waals surface area contributed by atoms with E-state index in [2.05, 4.69) is 20.5 Å². The number of nitrogens with two attached hydrogens (primary N) is 2. The average Bonchev–Trinajstić information content (AvgIpc) is 3.09. The smallest absolute Gasteiger partial charge is 0.296 e. The Kier molecular flexibility index (Phi) is 9.15. The third-order valence-electron chi connectivity index (χ3n) is 7.91. The molecule has 0 heterocycles. The summed E-state index contributed by atoms with van der Waals surface area (Å²) in [5.74, 6) is -0.665. The van der Waals surface area contributed by atoms with Crippen LogP contribution >= 0.6 is 0 Å². The summed E-state index contributed by atoms with van der Waals surface area (Å²) in [6.07, 6.45) is 0. The van der Waals surface area contributed by atoms with Crippen LogP contribution in [0.5, 0.6) is 23.0 Å². The van der Waals surface area contributed by atoms with Crippen LogP contribution in [0.1, 0.15) is 0 Å². The minimum atomic E-state index is -4.84. The first-order valence-corrected chi connectivity index (χ1v) is 17.7. The predicted molar refractivity (Wildman–Crippen MR) is 193 cm³/mol. The molecular weight excluding hydrogens is 717 g/mol. The normalized spacial score (nSPS) is 12.3. The van der Waals surface area contributed by atoms with Crippen molar-refractivity contribution in [3.8, 4) is 34.1 Å². The highest BCUT2D eigenvalue weighted by atomic mass is 32.2. The number of anilines is 2. The van der Waals surface area contributed by atoms with Crippen molar-refractivity contribution >= 4 is 75.9 Å². The van der Waals surface area contributed by atoms with Gasteiger partial charge in [0.2, 0.25) is 0 Å². The first-order valence-electron chi connectivity index (χ1n) is 14.8. The number of fused-ring (bicyclic) bond motifs is 2. The summed E-state index contributed by atoms with van der Waals surface area (Å²) in [7, 11) is -6.93. The number of aromatic hydroxyl groups is 2. The number of nitrogen functional groups attached to an aromatic ring is 2. The van der Waals surface area contributed by atoms with Gasteiger partial charge in [0.25, 0.3) is 20.2 Å². The van der Waals surface area contributed by atoms with Crippen LogP contribution in [0.2, 0.25) is 0 Å². The number of phenols is 2. The SMILES string of the molecule is COc1cc(-c2ccc(N=Nc3c(S(=O)(=O)O)cc4cc(N)ccc4c3O)c(OC)c2)ccc1N=Nc1c(S(=O)(=O)O)cc2cc(N)ccc2c1O. The predicted octanol–water partition coefficient (Wildman–Crippen LogP) is 7.58. The molecule has 6 rings (SSSR count). The van der Waals surface area contributed by atoms with Crippen molar-refractivity contribution in [2.24, 2.45) is 20.5 Å². The maximum atomic E-state index is 12.2. The van der Waals surface area contributed by atoms with Crippen LogP contribution in [-0.4, -0.2) is 50.4 Å². The lowest BCUT2D eigenvalue weighted by Crippen LogP contribution is -1.99. The maximum Gasteiger partial charge on any atom is 0.296 e. The Bertz CT molecular complexity index is 2530. The van der Waals surface area contributed by atoms with E-state index in [4.69, 9.17) is 20.9 Å². The first kappa shape index (κ1) is 35.5. The van der Waals surface area contributed by atoms with Crippen molar-refractivity contribution in [2.75, 3.05) is 25.7 Å². The Hall–Kier alpha value is -6.34. The summed E-state index contributed by atoms with van der Waals surface area (Å²) in [6.45, 7) is 0. The van der Waals surface area contributed by atoms with E-state index < -0.39 is 52.9 Å². The molecule has 0 radical (unpaired) electrons. The third kappa shape index (κ3) is 6.86. The van der Waals surface area contributed by atoms with E-state index in [1.54, 1.807) is 24.3 Å². The number of benzene rings is 6. The quantitative estimate of drug-likeness (QED) is 0.0475. The molecule has 0 saturated heterocycles. The summed E-state index contributed by atoms with van der Waals surface area (Å²) in [5.41, 5.74) is 12.7. The Morgan fingerprint density at radius 1 is 0.538 bits per heavy atom. The molecule has 0 saturated carbocycles. The minimum absolute atomic E-state index is 0.147. The summed E-state index contributed by atoms with van der Waals surface area (Å²) < 4.78 is 79.5. The molecule has 52 heavy (non-hydrogen) atoms. The van der Waals surface area contributed by atoms with E-state index in [9.17, 15) is 36.2 Å². The molecule has 0 amide bonds. The fourth-order valence-corrected chi connectivity index (χ4v) is 6.73. The molecule has 0 aliphatic carbocycles. The van der Waals surface area contributed by atoms with Crippen LogP contribution in [-0.2, 0) is 20.2 Å². The van der Waals surface area contributed by atoms with Gasteiger partial charge in [-0.3, -0.25) is 9.11 Å². The van der Waals surface area contributed by atoms with Crippen LogP contribution in [0.4, 0.5) is 34.1 Å². The van der Waals surface area contributed by atoms with E-state index in [1.165, 1.54) is 62.8 Å². The molecule has 0 aliphatic heterocycles. The molecule has 8 N–H and O–H groups in total. The number of rotatable bonds is 9. The molecule has 6 aromatic rings. The molecule has 0 bridgehead atoms. The average molecular weight is 745 g/mol. The molecule has 18 heteroatoms. The number of azo groups is 2. The topological polar surface area (TPSA) is 269 Å².